The molecule has 1 aromatic heterocycles. The maximum absolute atomic E-state index is 13.9. The van der Waals surface area contributed by atoms with E-state index in [1.807, 2.05) is 49.5 Å². The van der Waals surface area contributed by atoms with Crippen LogP contribution in [0.4, 0.5) is 4.39 Å². The Labute approximate surface area is 134 Å². The minimum Gasteiger partial charge on any atom is -0.343 e. The summed E-state index contributed by atoms with van der Waals surface area (Å²) in [6.07, 6.45) is 0. The molecule has 0 aliphatic carbocycles. The van der Waals surface area contributed by atoms with E-state index < -0.39 is 0 Å². The van der Waals surface area contributed by atoms with Gasteiger partial charge in [-0.15, -0.1) is 0 Å². The van der Waals surface area contributed by atoms with Crippen LogP contribution in [0.25, 0.3) is 33.3 Å². The summed E-state index contributed by atoms with van der Waals surface area (Å²) >= 11 is 0. The van der Waals surface area contributed by atoms with Gasteiger partial charge in [0.05, 0.1) is 5.69 Å². The van der Waals surface area contributed by atoms with Crippen LogP contribution < -0.4 is 0 Å². The Morgan fingerprint density at radius 2 is 1.35 bits per heavy atom. The van der Waals surface area contributed by atoms with Crippen LogP contribution in [0.3, 0.4) is 0 Å². The molecule has 1 heterocycles. The van der Waals surface area contributed by atoms with E-state index in [0.29, 0.717) is 0 Å². The summed E-state index contributed by atoms with van der Waals surface area (Å²) in [5.74, 6) is -0.208. The fourth-order valence-electron chi connectivity index (χ4n) is 3.25. The topological polar surface area (TPSA) is 4.93 Å². The molecule has 0 fully saturated rings. The van der Waals surface area contributed by atoms with Gasteiger partial charge in [0.25, 0.3) is 0 Å². The number of halogens is 1. The monoisotopic (exact) mass is 301 g/mol. The molecule has 2 heteroatoms. The molecule has 0 aliphatic heterocycles. The zero-order chi connectivity index (χ0) is 15.8. The molecule has 0 amide bonds. The molecule has 0 N–H and O–H groups in total. The largest absolute Gasteiger partial charge is 0.343 e. The first kappa shape index (κ1) is 13.8. The quantitative estimate of drug-likeness (QED) is 0.451. The molecule has 0 saturated carbocycles. The van der Waals surface area contributed by atoms with Gasteiger partial charge in [0.2, 0.25) is 0 Å². The normalized spacial score (nSPS) is 11.0. The van der Waals surface area contributed by atoms with Crippen LogP contribution in [0.15, 0.2) is 78.9 Å². The highest BCUT2D eigenvalue weighted by atomic mass is 19.1. The SMILES string of the molecule is Cn1c(-c2ccccc2)c(-c2ccccc2)c2cc(F)ccc21. The number of fused-ring (bicyclic) bond motifs is 1. The van der Waals surface area contributed by atoms with Gasteiger partial charge in [0.1, 0.15) is 5.82 Å². The predicted octanol–water partition coefficient (Wildman–Crippen LogP) is 5.65. The van der Waals surface area contributed by atoms with Gasteiger partial charge in [-0.1, -0.05) is 60.7 Å². The van der Waals surface area contributed by atoms with Gasteiger partial charge >= 0.3 is 0 Å². The highest BCUT2D eigenvalue weighted by Gasteiger charge is 2.18. The van der Waals surface area contributed by atoms with Crippen molar-refractivity contribution in [3.63, 3.8) is 0 Å². The Morgan fingerprint density at radius 1 is 0.739 bits per heavy atom. The van der Waals surface area contributed by atoms with E-state index in [9.17, 15) is 4.39 Å². The van der Waals surface area contributed by atoms with Crippen LogP contribution in [-0.2, 0) is 7.05 Å². The Balaban J connectivity index is 2.15. The Hall–Kier alpha value is -2.87. The first-order valence-corrected chi connectivity index (χ1v) is 7.64. The molecule has 3 aromatic carbocycles. The third kappa shape index (κ3) is 2.23. The van der Waals surface area contributed by atoms with E-state index >= 15 is 0 Å². The van der Waals surface area contributed by atoms with Gasteiger partial charge in [-0.05, 0) is 29.3 Å². The zero-order valence-electron chi connectivity index (χ0n) is 12.8. The van der Waals surface area contributed by atoms with E-state index in [2.05, 4.69) is 28.8 Å². The molecule has 0 radical (unpaired) electrons. The van der Waals surface area contributed by atoms with E-state index in [0.717, 1.165) is 33.3 Å². The lowest BCUT2D eigenvalue weighted by atomic mass is 9.98. The second-order valence-electron chi connectivity index (χ2n) is 5.68. The highest BCUT2D eigenvalue weighted by molar-refractivity contribution is 6.04. The first-order valence-electron chi connectivity index (χ1n) is 7.64. The summed E-state index contributed by atoms with van der Waals surface area (Å²) in [7, 11) is 2.04. The number of rotatable bonds is 2. The van der Waals surface area contributed by atoms with Gasteiger partial charge in [0.15, 0.2) is 0 Å². The van der Waals surface area contributed by atoms with Crippen LogP contribution in [-0.4, -0.2) is 4.57 Å². The molecule has 4 rings (SSSR count). The zero-order valence-corrected chi connectivity index (χ0v) is 12.8. The molecular weight excluding hydrogens is 285 g/mol. The molecule has 0 spiro atoms. The Bertz CT molecular complexity index is 969. The van der Waals surface area contributed by atoms with E-state index in [1.165, 1.54) is 6.07 Å². The summed E-state index contributed by atoms with van der Waals surface area (Å²) in [6, 6.07) is 25.4. The molecule has 0 bridgehead atoms. The van der Waals surface area contributed by atoms with Crippen LogP contribution in [0, 0.1) is 5.82 Å². The van der Waals surface area contributed by atoms with Crippen LogP contribution in [0.5, 0.6) is 0 Å². The Kier molecular flexibility index (Phi) is 3.23. The number of hydrogen-bond donors (Lipinski definition) is 0. The van der Waals surface area contributed by atoms with Gasteiger partial charge < -0.3 is 4.57 Å². The smallest absolute Gasteiger partial charge is 0.123 e. The summed E-state index contributed by atoms with van der Waals surface area (Å²) in [5, 5.41) is 0.942. The molecule has 0 saturated heterocycles. The van der Waals surface area contributed by atoms with Crippen LogP contribution in [0.2, 0.25) is 0 Å². The lowest BCUT2D eigenvalue weighted by molar-refractivity contribution is 0.629. The standard InChI is InChI=1S/C21H16FN/c1-23-19-13-12-17(22)14-18(19)20(15-8-4-2-5-9-15)21(23)16-10-6-3-7-11-16/h2-14H,1H3. The van der Waals surface area contributed by atoms with Crippen molar-refractivity contribution in [2.45, 2.75) is 0 Å². The van der Waals surface area contributed by atoms with E-state index in [4.69, 9.17) is 0 Å². The maximum atomic E-state index is 13.9. The van der Waals surface area contributed by atoms with Gasteiger partial charge in [-0.25, -0.2) is 4.39 Å². The lowest BCUT2D eigenvalue weighted by Gasteiger charge is -2.08. The average Bonchev–Trinajstić information content (AvgIpc) is 2.88. The van der Waals surface area contributed by atoms with Crippen molar-refractivity contribution >= 4 is 10.9 Å². The predicted molar refractivity (Wildman–Crippen MR) is 93.7 cm³/mol. The summed E-state index contributed by atoms with van der Waals surface area (Å²) in [4.78, 5) is 0. The second-order valence-corrected chi connectivity index (χ2v) is 5.68. The second kappa shape index (κ2) is 5.40. The number of hydrogen-bond acceptors (Lipinski definition) is 0. The molecule has 1 nitrogen and oxygen atoms in total. The van der Waals surface area contributed by atoms with Crippen molar-refractivity contribution in [2.75, 3.05) is 0 Å². The summed E-state index contributed by atoms with van der Waals surface area (Å²) in [6.45, 7) is 0. The van der Waals surface area contributed by atoms with Crippen molar-refractivity contribution in [1.29, 1.82) is 0 Å². The number of benzene rings is 3. The summed E-state index contributed by atoms with van der Waals surface area (Å²) < 4.78 is 16.0. The Morgan fingerprint density at radius 3 is 2.00 bits per heavy atom. The maximum Gasteiger partial charge on any atom is 0.123 e. The molecular formula is C21H16FN. The molecule has 4 aromatic rings. The molecule has 0 unspecified atom stereocenters. The van der Waals surface area contributed by atoms with Crippen molar-refractivity contribution in [3.8, 4) is 22.4 Å². The third-order valence-corrected chi connectivity index (χ3v) is 4.27. The number of aryl methyl sites for hydroxylation is 1. The molecule has 112 valence electrons. The minimum atomic E-state index is -0.208. The van der Waals surface area contributed by atoms with Crippen molar-refractivity contribution in [2.24, 2.45) is 7.05 Å². The average molecular weight is 301 g/mol. The summed E-state index contributed by atoms with van der Waals surface area (Å²) in [5.41, 5.74) is 5.45. The first-order chi connectivity index (χ1) is 11.3. The van der Waals surface area contributed by atoms with Gasteiger partial charge in [-0.2, -0.15) is 0 Å². The third-order valence-electron chi connectivity index (χ3n) is 4.27. The highest BCUT2D eigenvalue weighted by Crippen LogP contribution is 2.40. The van der Waals surface area contributed by atoms with Crippen LogP contribution >= 0.6 is 0 Å². The fourth-order valence-corrected chi connectivity index (χ4v) is 3.25. The molecule has 23 heavy (non-hydrogen) atoms. The fraction of sp³-hybridized carbons (Fsp3) is 0.0476. The molecule has 0 aliphatic rings. The lowest BCUT2D eigenvalue weighted by Crippen LogP contribution is -1.92. The van der Waals surface area contributed by atoms with E-state index in [-0.39, 0.29) is 5.82 Å². The van der Waals surface area contributed by atoms with Gasteiger partial charge in [0, 0.05) is 23.5 Å². The minimum absolute atomic E-state index is 0.208. The van der Waals surface area contributed by atoms with Crippen molar-refractivity contribution < 1.29 is 4.39 Å². The number of aromatic nitrogens is 1. The van der Waals surface area contributed by atoms with Crippen molar-refractivity contribution in [1.82, 2.24) is 4.57 Å². The van der Waals surface area contributed by atoms with Gasteiger partial charge in [-0.3, -0.25) is 0 Å². The van der Waals surface area contributed by atoms with Crippen molar-refractivity contribution in [3.05, 3.63) is 84.7 Å². The molecule has 0 atom stereocenters. The number of nitrogens with zero attached hydrogens (tertiary/aromatic N) is 1. The van der Waals surface area contributed by atoms with E-state index in [1.54, 1.807) is 6.07 Å². The van der Waals surface area contributed by atoms with Crippen LogP contribution in [0.1, 0.15) is 0 Å².